The van der Waals surface area contributed by atoms with Gasteiger partial charge in [-0.25, -0.2) is 4.79 Å². The second kappa shape index (κ2) is 7.38. The highest BCUT2D eigenvalue weighted by Gasteiger charge is 2.29. The second-order valence-corrected chi connectivity index (χ2v) is 5.31. The van der Waals surface area contributed by atoms with Crippen molar-refractivity contribution in [1.29, 1.82) is 0 Å². The summed E-state index contributed by atoms with van der Waals surface area (Å²) >= 11 is 0. The summed E-state index contributed by atoms with van der Waals surface area (Å²) in [6.45, 7) is 7.20. The van der Waals surface area contributed by atoms with Crippen molar-refractivity contribution in [3.8, 4) is 0 Å². The number of ether oxygens (including phenoxy) is 1. The average Bonchev–Trinajstić information content (AvgIpc) is 2.49. The Morgan fingerprint density at radius 1 is 1.33 bits per heavy atom. The number of piperazine rings is 1. The molecule has 2 unspecified atom stereocenters. The first-order valence-electron chi connectivity index (χ1n) is 7.44. The van der Waals surface area contributed by atoms with Crippen LogP contribution in [-0.2, 0) is 4.74 Å². The number of rotatable bonds is 4. The second-order valence-electron chi connectivity index (χ2n) is 5.31. The van der Waals surface area contributed by atoms with Gasteiger partial charge in [0.05, 0.1) is 6.61 Å². The van der Waals surface area contributed by atoms with Gasteiger partial charge in [-0.3, -0.25) is 9.88 Å². The molecule has 2 N–H and O–H groups in total. The van der Waals surface area contributed by atoms with E-state index in [0.29, 0.717) is 19.7 Å². The van der Waals surface area contributed by atoms with E-state index in [4.69, 9.17) is 10.5 Å². The predicted molar refractivity (Wildman–Crippen MR) is 80.8 cm³/mol. The Morgan fingerprint density at radius 2 is 1.95 bits per heavy atom. The molecule has 1 fully saturated rings. The topological polar surface area (TPSA) is 71.7 Å². The highest BCUT2D eigenvalue weighted by Crippen LogP contribution is 2.24. The minimum absolute atomic E-state index is 0.0153. The molecule has 21 heavy (non-hydrogen) atoms. The van der Waals surface area contributed by atoms with E-state index in [1.807, 2.05) is 26.0 Å². The van der Waals surface area contributed by atoms with Crippen molar-refractivity contribution in [2.24, 2.45) is 5.73 Å². The zero-order chi connectivity index (χ0) is 15.2. The minimum Gasteiger partial charge on any atom is -0.450 e. The van der Waals surface area contributed by atoms with Gasteiger partial charge in [0, 0.05) is 50.7 Å². The molecule has 2 atom stereocenters. The van der Waals surface area contributed by atoms with Crippen molar-refractivity contribution in [2.45, 2.75) is 25.9 Å². The van der Waals surface area contributed by atoms with Gasteiger partial charge in [-0.05, 0) is 31.5 Å². The zero-order valence-electron chi connectivity index (χ0n) is 12.7. The number of pyridine rings is 1. The quantitative estimate of drug-likeness (QED) is 0.904. The number of hydrogen-bond acceptors (Lipinski definition) is 5. The van der Waals surface area contributed by atoms with Gasteiger partial charge in [-0.1, -0.05) is 0 Å². The molecule has 0 aromatic carbocycles. The molecule has 2 heterocycles. The van der Waals surface area contributed by atoms with Crippen molar-refractivity contribution in [2.75, 3.05) is 32.8 Å². The van der Waals surface area contributed by atoms with Gasteiger partial charge in [0.25, 0.3) is 0 Å². The van der Waals surface area contributed by atoms with Crippen LogP contribution in [0.25, 0.3) is 0 Å². The van der Waals surface area contributed by atoms with E-state index in [1.54, 1.807) is 17.3 Å². The summed E-state index contributed by atoms with van der Waals surface area (Å²) in [5, 5.41) is 0. The Bertz CT molecular complexity index is 444. The molecule has 0 saturated carbocycles. The molecule has 6 heteroatoms. The summed E-state index contributed by atoms with van der Waals surface area (Å²) in [5.74, 6) is 0. The van der Waals surface area contributed by atoms with E-state index in [9.17, 15) is 4.79 Å². The third-order valence-electron chi connectivity index (χ3n) is 3.78. The van der Waals surface area contributed by atoms with Crippen LogP contribution in [0.15, 0.2) is 24.5 Å². The zero-order valence-corrected chi connectivity index (χ0v) is 12.7. The van der Waals surface area contributed by atoms with E-state index in [2.05, 4.69) is 9.88 Å². The molecular weight excluding hydrogens is 268 g/mol. The minimum atomic E-state index is -0.224. The van der Waals surface area contributed by atoms with Crippen LogP contribution in [0.4, 0.5) is 4.79 Å². The summed E-state index contributed by atoms with van der Waals surface area (Å²) in [4.78, 5) is 19.9. The SMILES string of the molecule is CCOC(=O)N1CCN(C(c2ccncc2)C(C)N)CC1. The maximum Gasteiger partial charge on any atom is 0.409 e. The Morgan fingerprint density at radius 3 is 2.48 bits per heavy atom. The lowest BCUT2D eigenvalue weighted by Gasteiger charge is -2.40. The van der Waals surface area contributed by atoms with E-state index in [1.165, 1.54) is 5.56 Å². The molecule has 2 rings (SSSR count). The Balaban J connectivity index is 2.00. The molecule has 116 valence electrons. The van der Waals surface area contributed by atoms with Gasteiger partial charge in [-0.15, -0.1) is 0 Å². The third kappa shape index (κ3) is 3.92. The van der Waals surface area contributed by atoms with Crippen LogP contribution in [-0.4, -0.2) is 59.7 Å². The fourth-order valence-electron chi connectivity index (χ4n) is 2.80. The summed E-state index contributed by atoms with van der Waals surface area (Å²) in [7, 11) is 0. The van der Waals surface area contributed by atoms with Crippen LogP contribution in [0.3, 0.4) is 0 Å². The first kappa shape index (κ1) is 15.7. The first-order valence-corrected chi connectivity index (χ1v) is 7.44. The lowest BCUT2D eigenvalue weighted by molar-refractivity contribution is 0.0618. The van der Waals surface area contributed by atoms with Crippen LogP contribution in [0.1, 0.15) is 25.5 Å². The van der Waals surface area contributed by atoms with Crippen molar-refractivity contribution in [3.05, 3.63) is 30.1 Å². The molecule has 1 aromatic rings. The number of carbonyl (C=O) groups is 1. The number of carbonyl (C=O) groups excluding carboxylic acids is 1. The maximum absolute atomic E-state index is 11.7. The third-order valence-corrected chi connectivity index (χ3v) is 3.78. The summed E-state index contributed by atoms with van der Waals surface area (Å²) in [5.41, 5.74) is 7.35. The average molecular weight is 292 g/mol. The lowest BCUT2D eigenvalue weighted by atomic mass is 9.99. The van der Waals surface area contributed by atoms with Crippen molar-refractivity contribution < 1.29 is 9.53 Å². The van der Waals surface area contributed by atoms with Crippen molar-refractivity contribution >= 4 is 6.09 Å². The molecule has 1 saturated heterocycles. The lowest BCUT2D eigenvalue weighted by Crippen LogP contribution is -2.52. The number of nitrogens with zero attached hydrogens (tertiary/aromatic N) is 3. The molecule has 1 amide bonds. The van der Waals surface area contributed by atoms with Crippen LogP contribution in [0.5, 0.6) is 0 Å². The Kier molecular flexibility index (Phi) is 5.52. The highest BCUT2D eigenvalue weighted by atomic mass is 16.6. The van der Waals surface area contributed by atoms with E-state index in [-0.39, 0.29) is 18.2 Å². The van der Waals surface area contributed by atoms with E-state index < -0.39 is 0 Å². The van der Waals surface area contributed by atoms with Crippen LogP contribution in [0, 0.1) is 0 Å². The molecule has 1 aliphatic heterocycles. The normalized spacial score (nSPS) is 19.1. The van der Waals surface area contributed by atoms with Gasteiger partial charge < -0.3 is 15.4 Å². The molecule has 1 aliphatic rings. The largest absolute Gasteiger partial charge is 0.450 e. The fourth-order valence-corrected chi connectivity index (χ4v) is 2.80. The summed E-state index contributed by atoms with van der Waals surface area (Å²) in [6.07, 6.45) is 3.36. The molecule has 0 bridgehead atoms. The standard InChI is InChI=1S/C15H24N4O2/c1-3-21-15(20)19-10-8-18(9-11-19)14(12(2)16)13-4-6-17-7-5-13/h4-7,12,14H,3,8-11,16H2,1-2H3. The smallest absolute Gasteiger partial charge is 0.409 e. The van der Waals surface area contributed by atoms with E-state index in [0.717, 1.165) is 13.1 Å². The Hall–Kier alpha value is -1.66. The summed E-state index contributed by atoms with van der Waals surface area (Å²) < 4.78 is 5.04. The molecular formula is C15H24N4O2. The number of aromatic nitrogens is 1. The number of hydrogen-bond donors (Lipinski definition) is 1. The van der Waals surface area contributed by atoms with Crippen molar-refractivity contribution in [1.82, 2.24) is 14.8 Å². The number of amides is 1. The highest BCUT2D eigenvalue weighted by molar-refractivity contribution is 5.67. The van der Waals surface area contributed by atoms with Crippen LogP contribution >= 0.6 is 0 Å². The molecule has 0 aliphatic carbocycles. The molecule has 0 radical (unpaired) electrons. The van der Waals surface area contributed by atoms with Crippen LogP contribution in [0.2, 0.25) is 0 Å². The first-order chi connectivity index (χ1) is 10.1. The molecule has 6 nitrogen and oxygen atoms in total. The predicted octanol–water partition coefficient (Wildman–Crippen LogP) is 1.24. The van der Waals surface area contributed by atoms with Gasteiger partial charge in [-0.2, -0.15) is 0 Å². The fraction of sp³-hybridized carbons (Fsp3) is 0.600. The maximum atomic E-state index is 11.7. The molecule has 0 spiro atoms. The van der Waals surface area contributed by atoms with Gasteiger partial charge in [0.2, 0.25) is 0 Å². The van der Waals surface area contributed by atoms with E-state index >= 15 is 0 Å². The summed E-state index contributed by atoms with van der Waals surface area (Å²) in [6, 6.07) is 4.18. The van der Waals surface area contributed by atoms with Crippen molar-refractivity contribution in [3.63, 3.8) is 0 Å². The monoisotopic (exact) mass is 292 g/mol. The molecule has 1 aromatic heterocycles. The van der Waals surface area contributed by atoms with Gasteiger partial charge >= 0.3 is 6.09 Å². The van der Waals surface area contributed by atoms with Gasteiger partial charge in [0.1, 0.15) is 0 Å². The van der Waals surface area contributed by atoms with Gasteiger partial charge in [0.15, 0.2) is 0 Å². The number of nitrogens with two attached hydrogens (primary N) is 1. The van der Waals surface area contributed by atoms with Crippen LogP contribution < -0.4 is 5.73 Å². The Labute approximate surface area is 125 Å².